The summed E-state index contributed by atoms with van der Waals surface area (Å²) in [6, 6.07) is 1.61. The van der Waals surface area contributed by atoms with E-state index in [0.717, 1.165) is 6.07 Å². The third-order valence-corrected chi connectivity index (χ3v) is 3.27. The molecule has 0 radical (unpaired) electrons. The molecule has 0 atom stereocenters. The highest BCUT2D eigenvalue weighted by Crippen LogP contribution is 2.36. The Kier molecular flexibility index (Phi) is 3.10. The zero-order valence-electron chi connectivity index (χ0n) is 7.73. The second kappa shape index (κ2) is 3.95. The average Bonchev–Trinajstić information content (AvgIpc) is 2.14. The lowest BCUT2D eigenvalue weighted by molar-refractivity contribution is -0.388. The number of benzene rings is 1. The highest BCUT2D eigenvalue weighted by atomic mass is 32.2. The van der Waals surface area contributed by atoms with Gasteiger partial charge in [-0.25, -0.2) is 12.8 Å². The van der Waals surface area contributed by atoms with Crippen LogP contribution in [0.4, 0.5) is 23.2 Å². The van der Waals surface area contributed by atoms with Crippen LogP contribution in [0, 0.1) is 15.9 Å². The number of sulfone groups is 1. The second-order valence-electron chi connectivity index (χ2n) is 2.79. The monoisotopic (exact) mass is 273 g/mol. The first-order valence-electron chi connectivity index (χ1n) is 3.83. The Balaban J connectivity index is 3.68. The molecule has 0 aliphatic carbocycles. The minimum Gasteiger partial charge on any atom is -0.258 e. The lowest BCUT2D eigenvalue weighted by atomic mass is 10.3. The van der Waals surface area contributed by atoms with Crippen LogP contribution in [0.1, 0.15) is 0 Å². The Morgan fingerprint density at radius 2 is 1.76 bits per heavy atom. The van der Waals surface area contributed by atoms with Crippen LogP contribution in [-0.2, 0) is 9.84 Å². The van der Waals surface area contributed by atoms with E-state index in [9.17, 15) is 36.1 Å². The van der Waals surface area contributed by atoms with Crippen molar-refractivity contribution in [3.8, 4) is 0 Å². The van der Waals surface area contributed by atoms with Crippen molar-refractivity contribution in [2.45, 2.75) is 10.4 Å². The fourth-order valence-corrected chi connectivity index (χ4v) is 2.00. The summed E-state index contributed by atoms with van der Waals surface area (Å²) in [7, 11) is -6.10. The largest absolute Gasteiger partial charge is 0.502 e. The minimum atomic E-state index is -6.10. The van der Waals surface area contributed by atoms with Gasteiger partial charge in [-0.2, -0.15) is 13.2 Å². The molecule has 0 aliphatic rings. The van der Waals surface area contributed by atoms with Gasteiger partial charge in [-0.05, 0) is 6.07 Å². The molecule has 0 N–H and O–H groups in total. The highest BCUT2D eigenvalue weighted by Gasteiger charge is 2.51. The van der Waals surface area contributed by atoms with Crippen molar-refractivity contribution in [1.29, 1.82) is 0 Å². The van der Waals surface area contributed by atoms with Crippen molar-refractivity contribution in [2.75, 3.05) is 0 Å². The zero-order chi connectivity index (χ0) is 13.4. The van der Waals surface area contributed by atoms with Crippen molar-refractivity contribution >= 4 is 15.5 Å². The molecule has 94 valence electrons. The van der Waals surface area contributed by atoms with E-state index in [-0.39, 0.29) is 0 Å². The number of hydrogen-bond acceptors (Lipinski definition) is 4. The van der Waals surface area contributed by atoms with Gasteiger partial charge in [-0.3, -0.25) is 10.1 Å². The number of nitro groups is 1. The predicted molar refractivity (Wildman–Crippen MR) is 46.3 cm³/mol. The molecule has 10 heteroatoms. The van der Waals surface area contributed by atoms with E-state index in [4.69, 9.17) is 0 Å². The lowest BCUT2D eigenvalue weighted by Crippen LogP contribution is -2.25. The van der Waals surface area contributed by atoms with E-state index in [1.54, 1.807) is 0 Å². The van der Waals surface area contributed by atoms with Crippen molar-refractivity contribution in [1.82, 2.24) is 0 Å². The molecule has 0 amide bonds. The van der Waals surface area contributed by atoms with Crippen molar-refractivity contribution in [3.63, 3.8) is 0 Å². The summed E-state index contributed by atoms with van der Waals surface area (Å²) in [5.41, 5.74) is -7.26. The van der Waals surface area contributed by atoms with Gasteiger partial charge >= 0.3 is 5.51 Å². The molecule has 1 aromatic carbocycles. The van der Waals surface area contributed by atoms with E-state index >= 15 is 0 Å². The van der Waals surface area contributed by atoms with Gasteiger partial charge < -0.3 is 0 Å². The summed E-state index contributed by atoms with van der Waals surface area (Å²) in [6.07, 6.45) is 0. The van der Waals surface area contributed by atoms with Gasteiger partial charge in [0.05, 0.1) is 4.92 Å². The summed E-state index contributed by atoms with van der Waals surface area (Å²) in [5, 5.41) is 10.4. The molecular formula is C7H3F4NO4S. The van der Waals surface area contributed by atoms with Crippen LogP contribution in [0.25, 0.3) is 0 Å². The van der Waals surface area contributed by atoms with Crippen LogP contribution >= 0.6 is 0 Å². The molecule has 17 heavy (non-hydrogen) atoms. The molecule has 0 fully saturated rings. The van der Waals surface area contributed by atoms with Crippen LogP contribution in [0.5, 0.6) is 0 Å². The normalized spacial score (nSPS) is 12.5. The minimum absolute atomic E-state index is 0.394. The Morgan fingerprint density at radius 3 is 2.18 bits per heavy atom. The molecule has 0 saturated carbocycles. The van der Waals surface area contributed by atoms with Gasteiger partial charge in [0.2, 0.25) is 0 Å². The van der Waals surface area contributed by atoms with Crippen LogP contribution in [0.3, 0.4) is 0 Å². The number of alkyl halides is 3. The fourth-order valence-electron chi connectivity index (χ4n) is 1.02. The first-order valence-corrected chi connectivity index (χ1v) is 5.31. The zero-order valence-corrected chi connectivity index (χ0v) is 8.55. The molecule has 0 spiro atoms. The number of hydrogen-bond donors (Lipinski definition) is 0. The Bertz CT molecular complexity index is 566. The van der Waals surface area contributed by atoms with Gasteiger partial charge in [-0.1, -0.05) is 6.07 Å². The first-order chi connectivity index (χ1) is 7.59. The summed E-state index contributed by atoms with van der Waals surface area (Å²) >= 11 is 0. The summed E-state index contributed by atoms with van der Waals surface area (Å²) in [6.45, 7) is 0. The molecule has 0 aliphatic heterocycles. The third kappa shape index (κ3) is 2.20. The third-order valence-electron chi connectivity index (χ3n) is 1.72. The Hall–Kier alpha value is -1.71. The molecule has 0 aromatic heterocycles. The van der Waals surface area contributed by atoms with Crippen molar-refractivity contribution in [3.05, 3.63) is 34.1 Å². The van der Waals surface area contributed by atoms with E-state index in [1.807, 2.05) is 0 Å². The number of nitrogens with zero attached hydrogens (tertiary/aromatic N) is 1. The van der Waals surface area contributed by atoms with Crippen LogP contribution < -0.4 is 0 Å². The number of rotatable bonds is 2. The second-order valence-corrected chi connectivity index (χ2v) is 4.67. The molecule has 1 rings (SSSR count). The average molecular weight is 273 g/mol. The topological polar surface area (TPSA) is 77.3 Å². The van der Waals surface area contributed by atoms with E-state index in [1.165, 1.54) is 0 Å². The van der Waals surface area contributed by atoms with Crippen molar-refractivity contribution in [2.24, 2.45) is 0 Å². The molecule has 0 saturated heterocycles. The maximum Gasteiger partial charge on any atom is 0.502 e. The number of nitro benzene ring substituents is 1. The fraction of sp³-hybridized carbons (Fsp3) is 0.143. The van der Waals surface area contributed by atoms with E-state index in [0.29, 0.717) is 12.1 Å². The van der Waals surface area contributed by atoms with Crippen LogP contribution in [0.15, 0.2) is 23.1 Å². The SMILES string of the molecule is O=[N+]([O-])c1cccc(F)c1S(=O)(=O)C(F)(F)F. The summed E-state index contributed by atoms with van der Waals surface area (Å²) in [5.74, 6) is -1.82. The van der Waals surface area contributed by atoms with Gasteiger partial charge in [-0.15, -0.1) is 0 Å². The van der Waals surface area contributed by atoms with Crippen LogP contribution in [-0.4, -0.2) is 18.8 Å². The molecule has 0 unspecified atom stereocenters. The predicted octanol–water partition coefficient (Wildman–Crippen LogP) is 2.03. The molecule has 0 heterocycles. The molecule has 0 bridgehead atoms. The standard InChI is InChI=1S/C7H3F4NO4S/c8-4-2-1-3-5(12(13)14)6(4)17(15,16)7(9,10)11/h1-3H. The van der Waals surface area contributed by atoms with Crippen molar-refractivity contribution < 1.29 is 30.9 Å². The molecule has 5 nitrogen and oxygen atoms in total. The summed E-state index contributed by atoms with van der Waals surface area (Å²) in [4.78, 5) is 6.98. The van der Waals surface area contributed by atoms with E-state index in [2.05, 4.69) is 0 Å². The van der Waals surface area contributed by atoms with Gasteiger partial charge in [0, 0.05) is 6.07 Å². The van der Waals surface area contributed by atoms with Gasteiger partial charge in [0.15, 0.2) is 4.90 Å². The maximum atomic E-state index is 13.1. The molecular weight excluding hydrogens is 270 g/mol. The maximum absolute atomic E-state index is 13.1. The Morgan fingerprint density at radius 1 is 1.24 bits per heavy atom. The lowest BCUT2D eigenvalue weighted by Gasteiger charge is -2.08. The number of halogens is 4. The van der Waals surface area contributed by atoms with E-state index < -0.39 is 36.7 Å². The highest BCUT2D eigenvalue weighted by molar-refractivity contribution is 7.92. The van der Waals surface area contributed by atoms with Crippen LogP contribution in [0.2, 0.25) is 0 Å². The first kappa shape index (κ1) is 13.4. The summed E-state index contributed by atoms with van der Waals surface area (Å²) < 4.78 is 71.4. The van der Waals surface area contributed by atoms with Gasteiger partial charge in [0.1, 0.15) is 5.82 Å². The smallest absolute Gasteiger partial charge is 0.258 e. The quantitative estimate of drug-likeness (QED) is 0.469. The molecule has 1 aromatic rings. The Labute approximate surface area is 91.7 Å². The van der Waals surface area contributed by atoms with Gasteiger partial charge in [0.25, 0.3) is 15.5 Å².